The van der Waals surface area contributed by atoms with Crippen molar-refractivity contribution in [3.8, 4) is 11.4 Å². The van der Waals surface area contributed by atoms with Gasteiger partial charge in [-0.05, 0) is 57.1 Å². The Balaban J connectivity index is 1.52. The van der Waals surface area contributed by atoms with Crippen molar-refractivity contribution in [1.29, 1.82) is 0 Å². The van der Waals surface area contributed by atoms with E-state index in [1.54, 1.807) is 24.5 Å². The highest BCUT2D eigenvalue weighted by Gasteiger charge is 2.14. The molecule has 158 valence electrons. The fourth-order valence-electron chi connectivity index (χ4n) is 3.46. The quantitative estimate of drug-likeness (QED) is 0.506. The Labute approximate surface area is 178 Å². The molecule has 0 spiro atoms. The Kier molecular flexibility index (Phi) is 6.44. The third-order valence-corrected chi connectivity index (χ3v) is 6.09. The molecule has 3 heterocycles. The second-order valence-corrected chi connectivity index (χ2v) is 8.14. The molecule has 6 nitrogen and oxygen atoms in total. The number of rotatable bonds is 8. The van der Waals surface area contributed by atoms with Crippen LogP contribution in [0, 0.1) is 5.82 Å². The molecule has 0 aliphatic carbocycles. The van der Waals surface area contributed by atoms with Gasteiger partial charge in [0, 0.05) is 17.5 Å². The maximum absolute atomic E-state index is 14.6. The Hall–Kier alpha value is -2.71. The van der Waals surface area contributed by atoms with E-state index in [-0.39, 0.29) is 11.3 Å². The number of likely N-dealkylation sites (tertiary alicyclic amines) is 1. The first-order valence-electron chi connectivity index (χ1n) is 10.1. The van der Waals surface area contributed by atoms with Gasteiger partial charge in [0.25, 0.3) is 5.56 Å². The standard InChI is InChI=1S/C22H24FN3O3S/c1-2-28-11-7-17-14-19-21(30-17)22(27)26(15-24-19)16-5-6-20(18(23)13-16)29-12-10-25-8-3-4-9-25/h5-7,11,13-15H,2-4,8-10,12H2,1H3/b11-7-. The fraction of sp³-hybridized carbons (Fsp3) is 0.364. The number of ether oxygens (including phenoxy) is 2. The molecule has 0 bridgehead atoms. The van der Waals surface area contributed by atoms with Crippen LogP contribution in [-0.2, 0) is 4.74 Å². The van der Waals surface area contributed by atoms with Crippen LogP contribution in [0.15, 0.2) is 41.6 Å². The largest absolute Gasteiger partial charge is 0.501 e. The lowest BCUT2D eigenvalue weighted by Gasteiger charge is -2.15. The van der Waals surface area contributed by atoms with Gasteiger partial charge < -0.3 is 9.47 Å². The molecular weight excluding hydrogens is 405 g/mol. The summed E-state index contributed by atoms with van der Waals surface area (Å²) in [6.45, 7) is 5.87. The van der Waals surface area contributed by atoms with Gasteiger partial charge in [0.2, 0.25) is 0 Å². The predicted molar refractivity (Wildman–Crippen MR) is 117 cm³/mol. The van der Waals surface area contributed by atoms with Crippen molar-refractivity contribution in [2.75, 3.05) is 32.8 Å². The molecule has 0 atom stereocenters. The van der Waals surface area contributed by atoms with E-state index in [4.69, 9.17) is 9.47 Å². The Bertz CT molecular complexity index is 1100. The average molecular weight is 430 g/mol. The number of halogens is 1. The summed E-state index contributed by atoms with van der Waals surface area (Å²) in [7, 11) is 0. The van der Waals surface area contributed by atoms with E-state index in [1.165, 1.54) is 41.1 Å². The number of hydrogen-bond acceptors (Lipinski definition) is 6. The van der Waals surface area contributed by atoms with Crippen LogP contribution in [0.3, 0.4) is 0 Å². The number of benzene rings is 1. The number of nitrogens with zero attached hydrogens (tertiary/aromatic N) is 3. The maximum Gasteiger partial charge on any atom is 0.275 e. The van der Waals surface area contributed by atoms with Crippen LogP contribution in [0.25, 0.3) is 22.0 Å². The minimum Gasteiger partial charge on any atom is -0.501 e. The average Bonchev–Trinajstić information content (AvgIpc) is 3.40. The first kappa shape index (κ1) is 20.6. The molecule has 2 aromatic heterocycles. The highest BCUT2D eigenvalue weighted by Crippen LogP contribution is 2.24. The third-order valence-electron chi connectivity index (χ3n) is 5.01. The van der Waals surface area contributed by atoms with Gasteiger partial charge in [-0.3, -0.25) is 14.3 Å². The number of fused-ring (bicyclic) bond motifs is 1. The van der Waals surface area contributed by atoms with E-state index < -0.39 is 5.82 Å². The van der Waals surface area contributed by atoms with Crippen molar-refractivity contribution in [1.82, 2.24) is 14.5 Å². The summed E-state index contributed by atoms with van der Waals surface area (Å²) in [5, 5.41) is 0. The fourth-order valence-corrected chi connectivity index (χ4v) is 4.39. The number of thiophene rings is 1. The van der Waals surface area contributed by atoms with Gasteiger partial charge in [-0.15, -0.1) is 11.3 Å². The molecule has 4 rings (SSSR count). The van der Waals surface area contributed by atoms with Gasteiger partial charge in [0.05, 0.1) is 24.1 Å². The molecule has 1 saturated heterocycles. The van der Waals surface area contributed by atoms with Gasteiger partial charge >= 0.3 is 0 Å². The zero-order valence-corrected chi connectivity index (χ0v) is 17.7. The Morgan fingerprint density at radius 1 is 1.27 bits per heavy atom. The molecular formula is C22H24FN3O3S. The van der Waals surface area contributed by atoms with E-state index in [1.807, 2.05) is 13.0 Å². The van der Waals surface area contributed by atoms with Crippen molar-refractivity contribution in [2.45, 2.75) is 19.8 Å². The van der Waals surface area contributed by atoms with E-state index in [9.17, 15) is 9.18 Å². The molecule has 1 fully saturated rings. The minimum absolute atomic E-state index is 0.194. The predicted octanol–water partition coefficient (Wildman–Crippen LogP) is 4.07. The number of aromatic nitrogens is 2. The van der Waals surface area contributed by atoms with Gasteiger partial charge in [-0.1, -0.05) is 0 Å². The molecule has 30 heavy (non-hydrogen) atoms. The Morgan fingerprint density at radius 3 is 2.87 bits per heavy atom. The molecule has 0 N–H and O–H groups in total. The summed E-state index contributed by atoms with van der Waals surface area (Å²) < 4.78 is 27.2. The topological polar surface area (TPSA) is 56.6 Å². The molecule has 0 amide bonds. The third kappa shape index (κ3) is 4.55. The molecule has 8 heteroatoms. The zero-order chi connectivity index (χ0) is 20.9. The molecule has 1 aromatic carbocycles. The molecule has 0 radical (unpaired) electrons. The van der Waals surface area contributed by atoms with Crippen LogP contribution in [0.1, 0.15) is 24.6 Å². The summed E-state index contributed by atoms with van der Waals surface area (Å²) >= 11 is 1.33. The van der Waals surface area contributed by atoms with Crippen LogP contribution in [0.5, 0.6) is 5.75 Å². The highest BCUT2D eigenvalue weighted by molar-refractivity contribution is 7.19. The minimum atomic E-state index is -0.493. The van der Waals surface area contributed by atoms with E-state index >= 15 is 0 Å². The highest BCUT2D eigenvalue weighted by atomic mass is 32.1. The van der Waals surface area contributed by atoms with E-state index in [0.29, 0.717) is 29.1 Å². The summed E-state index contributed by atoms with van der Waals surface area (Å²) in [6, 6.07) is 6.38. The monoisotopic (exact) mass is 429 g/mol. The van der Waals surface area contributed by atoms with Crippen LogP contribution in [-0.4, -0.2) is 47.3 Å². The number of hydrogen-bond donors (Lipinski definition) is 0. The summed E-state index contributed by atoms with van der Waals surface area (Å²) in [6.07, 6.45) is 7.25. The molecule has 1 aliphatic heterocycles. The van der Waals surface area contributed by atoms with Gasteiger partial charge in [-0.25, -0.2) is 9.37 Å². The van der Waals surface area contributed by atoms with Gasteiger partial charge in [-0.2, -0.15) is 0 Å². The van der Waals surface area contributed by atoms with Crippen LogP contribution in [0.2, 0.25) is 0 Å². The van der Waals surface area contributed by atoms with Crippen LogP contribution >= 0.6 is 11.3 Å². The van der Waals surface area contributed by atoms with Crippen molar-refractivity contribution in [2.24, 2.45) is 0 Å². The lowest BCUT2D eigenvalue weighted by atomic mass is 10.3. The van der Waals surface area contributed by atoms with Crippen molar-refractivity contribution < 1.29 is 13.9 Å². The molecule has 3 aromatic rings. The maximum atomic E-state index is 14.6. The van der Waals surface area contributed by atoms with Gasteiger partial charge in [0.15, 0.2) is 11.6 Å². The molecule has 1 aliphatic rings. The lowest BCUT2D eigenvalue weighted by molar-refractivity contribution is 0.231. The van der Waals surface area contributed by atoms with Crippen molar-refractivity contribution in [3.05, 3.63) is 57.9 Å². The van der Waals surface area contributed by atoms with Crippen molar-refractivity contribution in [3.63, 3.8) is 0 Å². The normalized spacial score (nSPS) is 14.7. The lowest BCUT2D eigenvalue weighted by Crippen LogP contribution is -2.25. The molecule has 0 unspecified atom stereocenters. The summed E-state index contributed by atoms with van der Waals surface area (Å²) in [4.78, 5) is 20.4. The summed E-state index contributed by atoms with van der Waals surface area (Å²) in [5.41, 5.74) is 0.793. The summed E-state index contributed by atoms with van der Waals surface area (Å²) in [5.74, 6) is -0.299. The zero-order valence-electron chi connectivity index (χ0n) is 16.8. The van der Waals surface area contributed by atoms with Crippen LogP contribution < -0.4 is 10.3 Å². The first-order chi connectivity index (χ1) is 14.7. The second kappa shape index (κ2) is 9.40. The van der Waals surface area contributed by atoms with Crippen molar-refractivity contribution >= 4 is 27.6 Å². The SMILES string of the molecule is CCO/C=C\c1cc2ncn(-c3ccc(OCCN4CCCC4)c(F)c3)c(=O)c2s1. The van der Waals surface area contributed by atoms with Gasteiger partial charge in [0.1, 0.15) is 17.6 Å². The Morgan fingerprint density at radius 2 is 2.10 bits per heavy atom. The molecule has 0 saturated carbocycles. The smallest absolute Gasteiger partial charge is 0.275 e. The second-order valence-electron chi connectivity index (χ2n) is 7.05. The van der Waals surface area contributed by atoms with E-state index in [2.05, 4.69) is 9.88 Å². The first-order valence-corrected chi connectivity index (χ1v) is 10.9. The van der Waals surface area contributed by atoms with Crippen LogP contribution in [0.4, 0.5) is 4.39 Å². The van der Waals surface area contributed by atoms with E-state index in [0.717, 1.165) is 24.5 Å².